The molecule has 0 aromatic heterocycles. The number of amides is 4. The number of nitrogens with one attached hydrogen (secondary N) is 2. The molecule has 2 N–H and O–H groups in total. The van der Waals surface area contributed by atoms with E-state index in [1.54, 1.807) is 36.3 Å². The summed E-state index contributed by atoms with van der Waals surface area (Å²) in [6, 6.07) is 14.4. The summed E-state index contributed by atoms with van der Waals surface area (Å²) in [5, 5.41) is 5.32. The highest BCUT2D eigenvalue weighted by molar-refractivity contribution is 6.05. The molecule has 0 saturated carbocycles. The number of piperidine rings is 1. The summed E-state index contributed by atoms with van der Waals surface area (Å²) in [6.07, 6.45) is 1.45. The lowest BCUT2D eigenvalue weighted by Gasteiger charge is -2.35. The molecule has 2 aromatic rings. The zero-order chi connectivity index (χ0) is 23.6. The highest BCUT2D eigenvalue weighted by Gasteiger charge is 2.42. The molecular formula is C25H27N3O5. The lowest BCUT2D eigenvalue weighted by molar-refractivity contribution is -0.138. The second-order valence-electron chi connectivity index (χ2n) is 8.46. The maximum Gasteiger partial charge on any atom is 0.237 e. The summed E-state index contributed by atoms with van der Waals surface area (Å²) in [7, 11) is 1.55. The summed E-state index contributed by atoms with van der Waals surface area (Å²) in [4.78, 5) is 51.2. The fourth-order valence-electron chi connectivity index (χ4n) is 4.65. The molecule has 2 aliphatic heterocycles. The van der Waals surface area contributed by atoms with Crippen LogP contribution in [0, 0.1) is 5.92 Å². The van der Waals surface area contributed by atoms with Gasteiger partial charge in [-0.05, 0) is 42.7 Å². The number of methoxy groups -OCH3 is 1. The van der Waals surface area contributed by atoms with Crippen LogP contribution in [0.3, 0.4) is 0 Å². The highest BCUT2D eigenvalue weighted by atomic mass is 16.5. The summed E-state index contributed by atoms with van der Waals surface area (Å²) < 4.78 is 5.35. The van der Waals surface area contributed by atoms with Crippen LogP contribution in [-0.2, 0) is 24.6 Å². The Bertz CT molecular complexity index is 1100. The Morgan fingerprint density at radius 3 is 2.55 bits per heavy atom. The molecule has 2 aliphatic rings. The van der Waals surface area contributed by atoms with Gasteiger partial charge in [-0.3, -0.25) is 24.5 Å². The van der Waals surface area contributed by atoms with Crippen molar-refractivity contribution < 1.29 is 23.9 Å². The van der Waals surface area contributed by atoms with Gasteiger partial charge in [0.15, 0.2) is 0 Å². The topological polar surface area (TPSA) is 105 Å². The van der Waals surface area contributed by atoms with Crippen LogP contribution in [0.1, 0.15) is 38.2 Å². The minimum Gasteiger partial charge on any atom is -0.495 e. The van der Waals surface area contributed by atoms with E-state index in [1.807, 2.05) is 31.2 Å². The largest absolute Gasteiger partial charge is 0.495 e. The third kappa shape index (κ3) is 4.20. The maximum atomic E-state index is 12.9. The molecule has 2 heterocycles. The van der Waals surface area contributed by atoms with Gasteiger partial charge in [-0.15, -0.1) is 0 Å². The number of hydrogen-bond acceptors (Lipinski definition) is 5. The Kier molecular flexibility index (Phi) is 6.18. The first-order valence-electron chi connectivity index (χ1n) is 11.1. The monoisotopic (exact) mass is 449 g/mol. The molecule has 172 valence electrons. The summed E-state index contributed by atoms with van der Waals surface area (Å²) in [6.45, 7) is 2.20. The quantitative estimate of drug-likeness (QED) is 0.660. The van der Waals surface area contributed by atoms with Crippen molar-refractivity contribution in [2.75, 3.05) is 23.9 Å². The lowest BCUT2D eigenvalue weighted by atomic mass is 9.72. The van der Waals surface area contributed by atoms with Crippen LogP contribution < -0.4 is 20.3 Å². The van der Waals surface area contributed by atoms with Crippen molar-refractivity contribution in [1.29, 1.82) is 0 Å². The van der Waals surface area contributed by atoms with Crippen molar-refractivity contribution in [2.24, 2.45) is 5.92 Å². The van der Waals surface area contributed by atoms with E-state index in [0.717, 1.165) is 5.56 Å². The van der Waals surface area contributed by atoms with Gasteiger partial charge in [-0.2, -0.15) is 0 Å². The average molecular weight is 450 g/mol. The average Bonchev–Trinajstić information content (AvgIpc) is 3.21. The first-order valence-corrected chi connectivity index (χ1v) is 11.1. The molecule has 8 nitrogen and oxygen atoms in total. The Morgan fingerprint density at radius 2 is 1.88 bits per heavy atom. The van der Waals surface area contributed by atoms with Crippen LogP contribution in [0.4, 0.5) is 11.4 Å². The second-order valence-corrected chi connectivity index (χ2v) is 8.46. The minimum absolute atomic E-state index is 0.120. The standard InChI is InChI=1S/C25H27N3O5/c1-3-25(13-12-21(29)27-24(25)32)17-8-10-18(11-9-17)26-23(31)16-14-22(30)28(15-16)19-6-4-5-7-20(19)33-2/h4-11,16H,3,12-15H2,1-2H3,(H,26,31)(H,27,29,32). The van der Waals surface area contributed by atoms with Crippen LogP contribution in [0.25, 0.3) is 0 Å². The molecule has 0 aliphatic carbocycles. The van der Waals surface area contributed by atoms with E-state index in [2.05, 4.69) is 10.6 Å². The summed E-state index contributed by atoms with van der Waals surface area (Å²) >= 11 is 0. The van der Waals surface area contributed by atoms with Crippen LogP contribution in [0.2, 0.25) is 0 Å². The van der Waals surface area contributed by atoms with Crippen molar-refractivity contribution in [3.8, 4) is 5.75 Å². The molecule has 2 unspecified atom stereocenters. The van der Waals surface area contributed by atoms with Gasteiger partial charge in [0.25, 0.3) is 0 Å². The van der Waals surface area contributed by atoms with Gasteiger partial charge in [-0.25, -0.2) is 0 Å². The van der Waals surface area contributed by atoms with Crippen LogP contribution in [-0.4, -0.2) is 37.3 Å². The molecule has 4 rings (SSSR count). The van der Waals surface area contributed by atoms with Crippen LogP contribution in [0.15, 0.2) is 48.5 Å². The van der Waals surface area contributed by atoms with Crippen molar-refractivity contribution in [3.05, 3.63) is 54.1 Å². The lowest BCUT2D eigenvalue weighted by Crippen LogP contribution is -2.51. The highest BCUT2D eigenvalue weighted by Crippen LogP contribution is 2.37. The van der Waals surface area contributed by atoms with Gasteiger partial charge in [0.2, 0.25) is 23.6 Å². The molecular weight excluding hydrogens is 422 g/mol. The smallest absolute Gasteiger partial charge is 0.237 e. The van der Waals surface area contributed by atoms with Gasteiger partial charge in [0.1, 0.15) is 5.75 Å². The number of rotatable bonds is 6. The Labute approximate surface area is 192 Å². The van der Waals surface area contributed by atoms with E-state index in [0.29, 0.717) is 36.4 Å². The molecule has 8 heteroatoms. The van der Waals surface area contributed by atoms with Gasteiger partial charge in [0, 0.05) is 25.1 Å². The van der Waals surface area contributed by atoms with Crippen LogP contribution >= 0.6 is 0 Å². The van der Waals surface area contributed by atoms with Crippen molar-refractivity contribution in [1.82, 2.24) is 5.32 Å². The molecule has 2 saturated heterocycles. The number of imide groups is 1. The molecule has 2 fully saturated rings. The van der Waals surface area contributed by atoms with E-state index in [-0.39, 0.29) is 36.6 Å². The predicted octanol–water partition coefficient (Wildman–Crippen LogP) is 2.77. The SMILES string of the molecule is CCC1(c2ccc(NC(=O)C3CC(=O)N(c4ccccc4OC)C3)cc2)CCC(=O)NC1=O. The molecule has 33 heavy (non-hydrogen) atoms. The number of carbonyl (C=O) groups excluding carboxylic acids is 4. The number of benzene rings is 2. The molecule has 2 aromatic carbocycles. The fourth-order valence-corrected chi connectivity index (χ4v) is 4.65. The van der Waals surface area contributed by atoms with Crippen molar-refractivity contribution in [3.63, 3.8) is 0 Å². The number of para-hydroxylation sites is 2. The van der Waals surface area contributed by atoms with E-state index in [4.69, 9.17) is 4.74 Å². The summed E-state index contributed by atoms with van der Waals surface area (Å²) in [5.74, 6) is -0.794. The molecule has 4 amide bonds. The molecule has 2 atom stereocenters. The zero-order valence-corrected chi connectivity index (χ0v) is 18.7. The van der Waals surface area contributed by atoms with Gasteiger partial charge in [0.05, 0.1) is 24.1 Å². The van der Waals surface area contributed by atoms with E-state index >= 15 is 0 Å². The molecule has 0 radical (unpaired) electrons. The number of nitrogens with zero attached hydrogens (tertiary/aromatic N) is 1. The normalized spacial score (nSPS) is 22.8. The Morgan fingerprint density at radius 1 is 1.15 bits per heavy atom. The van der Waals surface area contributed by atoms with E-state index in [9.17, 15) is 19.2 Å². The van der Waals surface area contributed by atoms with Crippen molar-refractivity contribution >= 4 is 35.0 Å². The van der Waals surface area contributed by atoms with Crippen molar-refractivity contribution in [2.45, 2.75) is 38.0 Å². The third-order valence-corrected chi connectivity index (χ3v) is 6.65. The third-order valence-electron chi connectivity index (χ3n) is 6.65. The van der Waals surface area contributed by atoms with Crippen LogP contribution in [0.5, 0.6) is 5.75 Å². The predicted molar refractivity (Wildman–Crippen MR) is 123 cm³/mol. The Balaban J connectivity index is 1.45. The van der Waals surface area contributed by atoms with Gasteiger partial charge in [-0.1, -0.05) is 31.2 Å². The first kappa shape index (κ1) is 22.5. The minimum atomic E-state index is -0.746. The molecule has 0 bridgehead atoms. The maximum absolute atomic E-state index is 12.9. The van der Waals surface area contributed by atoms with E-state index < -0.39 is 11.3 Å². The molecule has 0 spiro atoms. The van der Waals surface area contributed by atoms with E-state index in [1.165, 1.54) is 0 Å². The second kappa shape index (κ2) is 9.05. The number of anilines is 2. The fraction of sp³-hybridized carbons (Fsp3) is 0.360. The Hall–Kier alpha value is -3.68. The number of hydrogen-bond donors (Lipinski definition) is 2. The number of ether oxygens (including phenoxy) is 1. The number of carbonyl (C=O) groups is 4. The summed E-state index contributed by atoms with van der Waals surface area (Å²) in [5.41, 5.74) is 1.31. The van der Waals surface area contributed by atoms with Gasteiger partial charge < -0.3 is 15.0 Å². The first-order chi connectivity index (χ1) is 15.9. The zero-order valence-electron chi connectivity index (χ0n) is 18.7. The van der Waals surface area contributed by atoms with Gasteiger partial charge >= 0.3 is 0 Å².